The van der Waals surface area contributed by atoms with Gasteiger partial charge in [0.05, 0.1) is 5.02 Å². The van der Waals surface area contributed by atoms with Gasteiger partial charge in [-0.25, -0.2) is 4.39 Å². The molecule has 2 rings (SSSR count). The van der Waals surface area contributed by atoms with E-state index in [2.05, 4.69) is 0 Å². The first kappa shape index (κ1) is 14.8. The molecule has 0 spiro atoms. The summed E-state index contributed by atoms with van der Waals surface area (Å²) in [6.07, 6.45) is 0.780. The van der Waals surface area contributed by atoms with Crippen molar-refractivity contribution in [2.45, 2.75) is 26.0 Å². The molecule has 20 heavy (non-hydrogen) atoms. The lowest BCUT2D eigenvalue weighted by molar-refractivity contribution is 0.299. The highest BCUT2D eigenvalue weighted by molar-refractivity contribution is 6.30. The van der Waals surface area contributed by atoms with E-state index in [-0.39, 0.29) is 17.7 Å². The second-order valence-electron chi connectivity index (χ2n) is 4.83. The Balaban J connectivity index is 2.05. The SMILES string of the molecule is CC(N)Cc1cccc(OCc2cccc(Cl)c2F)c1. The lowest BCUT2D eigenvalue weighted by Gasteiger charge is -2.10. The smallest absolute Gasteiger partial charge is 0.148 e. The Morgan fingerprint density at radius 3 is 2.75 bits per heavy atom. The molecule has 0 fully saturated rings. The number of benzene rings is 2. The zero-order valence-electron chi connectivity index (χ0n) is 11.3. The molecule has 0 aliphatic rings. The van der Waals surface area contributed by atoms with Gasteiger partial charge in [0, 0.05) is 11.6 Å². The number of halogens is 2. The largest absolute Gasteiger partial charge is 0.489 e. The van der Waals surface area contributed by atoms with E-state index in [0.717, 1.165) is 12.0 Å². The quantitative estimate of drug-likeness (QED) is 0.906. The van der Waals surface area contributed by atoms with Gasteiger partial charge in [0.25, 0.3) is 0 Å². The summed E-state index contributed by atoms with van der Waals surface area (Å²) < 4.78 is 19.3. The van der Waals surface area contributed by atoms with E-state index in [9.17, 15) is 4.39 Å². The molecular weight excluding hydrogens is 277 g/mol. The number of hydrogen-bond donors (Lipinski definition) is 1. The zero-order chi connectivity index (χ0) is 14.5. The highest BCUT2D eigenvalue weighted by atomic mass is 35.5. The average Bonchev–Trinajstić information content (AvgIpc) is 2.40. The Kier molecular flexibility index (Phi) is 4.99. The third kappa shape index (κ3) is 3.95. The molecule has 0 radical (unpaired) electrons. The average molecular weight is 294 g/mol. The molecular formula is C16H17ClFNO. The van der Waals surface area contributed by atoms with Crippen LogP contribution in [0.3, 0.4) is 0 Å². The van der Waals surface area contributed by atoms with E-state index in [1.165, 1.54) is 6.07 Å². The van der Waals surface area contributed by atoms with Crippen LogP contribution in [0, 0.1) is 5.82 Å². The molecule has 0 aromatic heterocycles. The van der Waals surface area contributed by atoms with E-state index in [1.54, 1.807) is 12.1 Å². The first-order valence-electron chi connectivity index (χ1n) is 6.46. The maximum Gasteiger partial charge on any atom is 0.148 e. The lowest BCUT2D eigenvalue weighted by Crippen LogP contribution is -2.17. The van der Waals surface area contributed by atoms with Gasteiger partial charge in [-0.3, -0.25) is 0 Å². The summed E-state index contributed by atoms with van der Waals surface area (Å²) in [5.41, 5.74) is 7.31. The third-order valence-electron chi connectivity index (χ3n) is 2.88. The van der Waals surface area contributed by atoms with Crippen LogP contribution < -0.4 is 10.5 Å². The van der Waals surface area contributed by atoms with E-state index >= 15 is 0 Å². The van der Waals surface area contributed by atoms with Crippen LogP contribution in [0.2, 0.25) is 5.02 Å². The summed E-state index contributed by atoms with van der Waals surface area (Å²) in [6.45, 7) is 2.10. The van der Waals surface area contributed by atoms with Gasteiger partial charge in [0.2, 0.25) is 0 Å². The Labute approximate surface area is 123 Å². The second-order valence-corrected chi connectivity index (χ2v) is 5.24. The van der Waals surface area contributed by atoms with Crippen molar-refractivity contribution in [2.24, 2.45) is 5.73 Å². The van der Waals surface area contributed by atoms with Gasteiger partial charge in [-0.05, 0) is 37.1 Å². The van der Waals surface area contributed by atoms with E-state index in [0.29, 0.717) is 11.3 Å². The van der Waals surface area contributed by atoms with Gasteiger partial charge in [-0.15, -0.1) is 0 Å². The van der Waals surface area contributed by atoms with Gasteiger partial charge in [-0.1, -0.05) is 35.9 Å². The molecule has 0 aliphatic carbocycles. The van der Waals surface area contributed by atoms with Crippen molar-refractivity contribution in [3.05, 3.63) is 64.4 Å². The molecule has 0 saturated carbocycles. The minimum Gasteiger partial charge on any atom is -0.489 e. The maximum absolute atomic E-state index is 13.7. The first-order valence-corrected chi connectivity index (χ1v) is 6.84. The van der Waals surface area contributed by atoms with Crippen LogP contribution in [0.4, 0.5) is 4.39 Å². The van der Waals surface area contributed by atoms with E-state index in [1.807, 2.05) is 31.2 Å². The Morgan fingerprint density at radius 1 is 1.25 bits per heavy atom. The molecule has 0 bridgehead atoms. The van der Waals surface area contributed by atoms with Gasteiger partial charge in [-0.2, -0.15) is 0 Å². The highest BCUT2D eigenvalue weighted by Crippen LogP contribution is 2.21. The van der Waals surface area contributed by atoms with Crippen molar-refractivity contribution in [3.8, 4) is 5.75 Å². The topological polar surface area (TPSA) is 35.2 Å². The van der Waals surface area contributed by atoms with Crippen LogP contribution in [0.5, 0.6) is 5.75 Å². The Hall–Kier alpha value is -1.58. The minimum atomic E-state index is -0.430. The van der Waals surface area contributed by atoms with Crippen LogP contribution in [-0.4, -0.2) is 6.04 Å². The molecule has 1 unspecified atom stereocenters. The summed E-state index contributed by atoms with van der Waals surface area (Å²) in [5, 5.41) is 0.108. The molecule has 2 nitrogen and oxygen atoms in total. The predicted molar refractivity (Wildman–Crippen MR) is 79.5 cm³/mol. The van der Waals surface area contributed by atoms with Gasteiger partial charge in [0.1, 0.15) is 18.2 Å². The maximum atomic E-state index is 13.7. The number of ether oxygens (including phenoxy) is 1. The molecule has 0 amide bonds. The lowest BCUT2D eigenvalue weighted by atomic mass is 10.1. The first-order chi connectivity index (χ1) is 9.56. The fourth-order valence-corrected chi connectivity index (χ4v) is 2.15. The van der Waals surface area contributed by atoms with Gasteiger partial charge >= 0.3 is 0 Å². The number of rotatable bonds is 5. The summed E-state index contributed by atoms with van der Waals surface area (Å²) in [5.74, 6) is 0.267. The highest BCUT2D eigenvalue weighted by Gasteiger charge is 2.07. The molecule has 1 atom stereocenters. The van der Waals surface area contributed by atoms with E-state index < -0.39 is 5.82 Å². The van der Waals surface area contributed by atoms with Gasteiger partial charge in [0.15, 0.2) is 0 Å². The number of hydrogen-bond acceptors (Lipinski definition) is 2. The molecule has 0 heterocycles. The molecule has 4 heteroatoms. The van der Waals surface area contributed by atoms with Crippen molar-refractivity contribution >= 4 is 11.6 Å². The van der Waals surface area contributed by atoms with E-state index in [4.69, 9.17) is 22.1 Å². The van der Waals surface area contributed by atoms with Crippen molar-refractivity contribution < 1.29 is 9.13 Å². The standard InChI is InChI=1S/C16H17ClFNO/c1-11(19)8-12-4-2-6-14(9-12)20-10-13-5-3-7-15(17)16(13)18/h2-7,9,11H,8,10,19H2,1H3. The fourth-order valence-electron chi connectivity index (χ4n) is 1.96. The fraction of sp³-hybridized carbons (Fsp3) is 0.250. The van der Waals surface area contributed by atoms with Crippen molar-refractivity contribution in [3.63, 3.8) is 0 Å². The predicted octanol–water partition coefficient (Wildman–Crippen LogP) is 3.95. The third-order valence-corrected chi connectivity index (χ3v) is 3.17. The van der Waals surface area contributed by atoms with Crippen LogP contribution in [0.15, 0.2) is 42.5 Å². The summed E-state index contributed by atoms with van der Waals surface area (Å²) >= 11 is 5.73. The van der Waals surface area contributed by atoms with Gasteiger partial charge < -0.3 is 10.5 Å². The normalized spacial score (nSPS) is 12.2. The summed E-state index contributed by atoms with van der Waals surface area (Å²) in [7, 11) is 0. The molecule has 2 aromatic carbocycles. The van der Waals surface area contributed by atoms with Crippen LogP contribution >= 0.6 is 11.6 Å². The van der Waals surface area contributed by atoms with Crippen molar-refractivity contribution in [1.82, 2.24) is 0 Å². The van der Waals surface area contributed by atoms with Crippen LogP contribution in [-0.2, 0) is 13.0 Å². The van der Waals surface area contributed by atoms with Crippen LogP contribution in [0.1, 0.15) is 18.1 Å². The Bertz CT molecular complexity index is 586. The molecule has 106 valence electrons. The number of nitrogens with two attached hydrogens (primary N) is 1. The second kappa shape index (κ2) is 6.73. The zero-order valence-corrected chi connectivity index (χ0v) is 12.0. The molecule has 0 aliphatic heterocycles. The molecule has 2 aromatic rings. The van der Waals surface area contributed by atoms with Crippen LogP contribution in [0.25, 0.3) is 0 Å². The minimum absolute atomic E-state index is 0.0932. The Morgan fingerprint density at radius 2 is 2.00 bits per heavy atom. The summed E-state index contributed by atoms with van der Waals surface area (Å²) in [6, 6.07) is 12.6. The molecule has 2 N–H and O–H groups in total. The summed E-state index contributed by atoms with van der Waals surface area (Å²) in [4.78, 5) is 0. The van der Waals surface area contributed by atoms with Crippen molar-refractivity contribution in [2.75, 3.05) is 0 Å². The monoisotopic (exact) mass is 293 g/mol. The van der Waals surface area contributed by atoms with Crippen molar-refractivity contribution in [1.29, 1.82) is 0 Å². The molecule has 0 saturated heterocycles.